The molecule has 0 spiro atoms. The van der Waals surface area contributed by atoms with Crippen LogP contribution in [-0.4, -0.2) is 74.6 Å². The van der Waals surface area contributed by atoms with Crippen molar-refractivity contribution >= 4 is 50.1 Å². The molecule has 0 saturated carbocycles. The zero-order chi connectivity index (χ0) is 35.3. The van der Waals surface area contributed by atoms with E-state index in [0.717, 1.165) is 31.5 Å². The van der Waals surface area contributed by atoms with Crippen molar-refractivity contribution in [2.24, 2.45) is 0 Å². The van der Waals surface area contributed by atoms with E-state index in [9.17, 15) is 33.0 Å². The lowest BCUT2D eigenvalue weighted by atomic mass is 10.0. The van der Waals surface area contributed by atoms with Gasteiger partial charge in [-0.25, -0.2) is 23.0 Å². The average molecular weight is 688 g/mol. The summed E-state index contributed by atoms with van der Waals surface area (Å²) in [6, 6.07) is 14.1. The Morgan fingerprint density at radius 2 is 1.36 bits per heavy atom. The number of sulfone groups is 1. The number of carboxylic acid groups (broad SMARTS) is 2. The van der Waals surface area contributed by atoms with Crippen molar-refractivity contribution < 1.29 is 33.0 Å². The van der Waals surface area contributed by atoms with Gasteiger partial charge in [0.25, 0.3) is 0 Å². The van der Waals surface area contributed by atoms with Gasteiger partial charge in [0, 0.05) is 35.0 Å². The van der Waals surface area contributed by atoms with Crippen molar-refractivity contribution in [1.82, 2.24) is 14.8 Å². The second-order valence-electron chi connectivity index (χ2n) is 13.2. The van der Waals surface area contributed by atoms with Crippen molar-refractivity contribution in [1.29, 1.82) is 0 Å². The molecule has 47 heavy (non-hydrogen) atoms. The molecule has 0 aliphatic heterocycles. The van der Waals surface area contributed by atoms with Crippen molar-refractivity contribution in [3.63, 3.8) is 0 Å². The average Bonchev–Trinajstić information content (AvgIpc) is 3.30. The summed E-state index contributed by atoms with van der Waals surface area (Å²) in [5.41, 5.74) is 1.41. The Hall–Kier alpha value is -4.17. The van der Waals surface area contributed by atoms with Gasteiger partial charge < -0.3 is 20.8 Å². The summed E-state index contributed by atoms with van der Waals surface area (Å²) >= 11 is 1.38. The summed E-state index contributed by atoms with van der Waals surface area (Å²) < 4.78 is 24.4. The molecule has 3 rings (SSSR count). The van der Waals surface area contributed by atoms with Crippen LogP contribution >= 0.6 is 11.3 Å². The molecule has 2 aromatic carbocycles. The lowest BCUT2D eigenvalue weighted by molar-refractivity contribution is -0.114. The summed E-state index contributed by atoms with van der Waals surface area (Å²) in [7, 11) is -3.30. The fourth-order valence-corrected chi connectivity index (χ4v) is 7.00. The first kappa shape index (κ1) is 37.3. The number of carbonyl (C=O) groups is 3. The van der Waals surface area contributed by atoms with Gasteiger partial charge in [0.1, 0.15) is 0 Å². The number of thiazole rings is 1. The molecule has 14 heteroatoms. The molecular formula is C33H45N5O7S2. The summed E-state index contributed by atoms with van der Waals surface area (Å²) in [6.07, 6.45) is -2.04. The van der Waals surface area contributed by atoms with Crippen LogP contribution in [0.3, 0.4) is 0 Å². The van der Waals surface area contributed by atoms with E-state index in [0.29, 0.717) is 30.1 Å². The topological polar surface area (TPSA) is 169 Å². The van der Waals surface area contributed by atoms with Gasteiger partial charge in [-0.1, -0.05) is 31.2 Å². The second kappa shape index (κ2) is 14.7. The summed E-state index contributed by atoms with van der Waals surface area (Å²) in [5.74, 6) is -0.202. The first-order chi connectivity index (χ1) is 21.7. The number of rotatable bonds is 12. The molecule has 3 amide bonds. The first-order valence-corrected chi connectivity index (χ1v) is 17.7. The minimum absolute atomic E-state index is 0.0262. The quantitative estimate of drug-likeness (QED) is 0.155. The molecule has 1 aromatic heterocycles. The molecule has 0 bridgehead atoms. The maximum absolute atomic E-state index is 12.4. The summed E-state index contributed by atoms with van der Waals surface area (Å²) in [4.78, 5) is 44.6. The highest BCUT2D eigenvalue weighted by Gasteiger charge is 2.43. The number of nitrogens with zero attached hydrogens (tertiary/aromatic N) is 3. The predicted octanol–water partition coefficient (Wildman–Crippen LogP) is 6.52. The van der Waals surface area contributed by atoms with Crippen molar-refractivity contribution in [2.75, 3.05) is 16.4 Å². The molecular weight excluding hydrogens is 643 g/mol. The smallest absolute Gasteiger partial charge is 0.410 e. The molecule has 4 N–H and O–H groups in total. The minimum Gasteiger partial charge on any atom is -0.465 e. The molecule has 3 aromatic rings. The van der Waals surface area contributed by atoms with Gasteiger partial charge in [-0.2, -0.15) is 0 Å². The number of hydrogen-bond acceptors (Lipinski definition) is 8. The third kappa shape index (κ3) is 9.91. The van der Waals surface area contributed by atoms with E-state index in [2.05, 4.69) is 15.6 Å². The maximum atomic E-state index is 12.4. The monoisotopic (exact) mass is 687 g/mol. The van der Waals surface area contributed by atoms with E-state index in [4.69, 9.17) is 0 Å². The molecule has 12 nitrogen and oxygen atoms in total. The Bertz CT molecular complexity index is 1640. The number of aromatic nitrogens is 1. The molecule has 1 heterocycles. The normalized spacial score (nSPS) is 12.1. The van der Waals surface area contributed by atoms with Gasteiger partial charge in [-0.3, -0.25) is 14.6 Å². The summed E-state index contributed by atoms with van der Waals surface area (Å²) in [5, 5.41) is 26.6. The highest BCUT2D eigenvalue weighted by molar-refractivity contribution is 7.91. The summed E-state index contributed by atoms with van der Waals surface area (Å²) in [6.45, 7) is 13.3. The Labute approximate surface area is 280 Å². The van der Waals surface area contributed by atoms with Crippen LogP contribution in [0, 0.1) is 0 Å². The van der Waals surface area contributed by atoms with Gasteiger partial charge in [-0.05, 0) is 89.8 Å². The Kier molecular flexibility index (Phi) is 11.7. The van der Waals surface area contributed by atoms with E-state index in [-0.39, 0.29) is 16.6 Å². The van der Waals surface area contributed by atoms with Crippen molar-refractivity contribution in [2.45, 2.75) is 96.9 Å². The molecule has 0 aliphatic carbocycles. The fraction of sp³-hybridized carbons (Fsp3) is 0.455. The highest BCUT2D eigenvalue weighted by Crippen LogP contribution is 2.29. The second-order valence-corrected chi connectivity index (χ2v) is 16.5. The number of amides is 3. The number of aryl methyl sites for hydroxylation is 2. The number of benzene rings is 2. The third-order valence-electron chi connectivity index (χ3n) is 7.34. The lowest BCUT2D eigenvalue weighted by Crippen LogP contribution is -2.66. The largest absolute Gasteiger partial charge is 0.465 e. The molecule has 0 atom stereocenters. The zero-order valence-electron chi connectivity index (χ0n) is 28.1. The van der Waals surface area contributed by atoms with Crippen LogP contribution in [0.15, 0.2) is 53.4 Å². The van der Waals surface area contributed by atoms with Crippen molar-refractivity contribution in [3.8, 4) is 0 Å². The van der Waals surface area contributed by atoms with Crippen LogP contribution in [0.4, 0.5) is 20.4 Å². The zero-order valence-corrected chi connectivity index (χ0v) is 29.8. The molecule has 0 saturated heterocycles. The number of nitrogens with one attached hydrogen (secondary N) is 2. The van der Waals surface area contributed by atoms with Gasteiger partial charge in [-0.15, -0.1) is 11.3 Å². The molecule has 256 valence electrons. The number of carbonyl (C=O) groups excluding carboxylic acids is 1. The van der Waals surface area contributed by atoms with E-state index in [1.54, 1.807) is 84.9 Å². The van der Waals surface area contributed by atoms with Gasteiger partial charge in [0.05, 0.1) is 16.3 Å². The fourth-order valence-electron chi connectivity index (χ4n) is 5.03. The van der Waals surface area contributed by atoms with Crippen molar-refractivity contribution in [3.05, 3.63) is 70.2 Å². The van der Waals surface area contributed by atoms with Gasteiger partial charge in [0.15, 0.2) is 21.3 Å². The van der Waals surface area contributed by atoms with Crippen LogP contribution in [-0.2, 0) is 33.9 Å². The molecule has 0 unspecified atom stereocenters. The standard InChI is InChI=1S/C33H45N5O7S2/c1-9-47(44,45)25-17-12-23(13-18-25)20-27-26(36-28(46-27)34-21(2)39)19-14-22-10-15-24(16-11-22)35-29(37(30(40)41)32(3,4)5)38(31(42)43)33(6,7)8/h10-13,15-18,29,35H,9,14,19-20H2,1-8H3,(H,40,41)(H,42,43)(H,34,36,39). The van der Waals surface area contributed by atoms with Crippen LogP contribution < -0.4 is 10.6 Å². The minimum atomic E-state index is -3.30. The van der Waals surface area contributed by atoms with E-state index >= 15 is 0 Å². The molecule has 0 aliphatic rings. The number of hydrogen-bond donors (Lipinski definition) is 4. The van der Waals surface area contributed by atoms with Gasteiger partial charge in [0.2, 0.25) is 5.91 Å². The Morgan fingerprint density at radius 3 is 1.81 bits per heavy atom. The van der Waals surface area contributed by atoms with Crippen LogP contribution in [0.25, 0.3) is 0 Å². The van der Waals surface area contributed by atoms with Gasteiger partial charge >= 0.3 is 12.2 Å². The van der Waals surface area contributed by atoms with Crippen LogP contribution in [0.5, 0.6) is 0 Å². The number of anilines is 2. The van der Waals surface area contributed by atoms with E-state index in [1.807, 2.05) is 12.1 Å². The van der Waals surface area contributed by atoms with Crippen LogP contribution in [0.1, 0.15) is 77.1 Å². The molecule has 0 fully saturated rings. The Morgan fingerprint density at radius 1 is 0.851 bits per heavy atom. The SMILES string of the molecule is CCS(=O)(=O)c1ccc(Cc2sc(NC(C)=O)nc2CCc2ccc(NC(N(C(=O)O)C(C)(C)C)N(C(=O)O)C(C)(C)C)cc2)cc1. The Balaban J connectivity index is 1.84. The van der Waals surface area contributed by atoms with E-state index < -0.39 is 39.4 Å². The predicted molar refractivity (Wildman–Crippen MR) is 184 cm³/mol. The third-order valence-corrected chi connectivity index (χ3v) is 10.1. The van der Waals surface area contributed by atoms with E-state index in [1.165, 1.54) is 18.3 Å². The first-order valence-electron chi connectivity index (χ1n) is 15.2. The lowest BCUT2D eigenvalue weighted by Gasteiger charge is -2.48. The van der Waals surface area contributed by atoms with Crippen LogP contribution in [0.2, 0.25) is 0 Å². The molecule has 0 radical (unpaired) electrons. The highest BCUT2D eigenvalue weighted by atomic mass is 32.2. The maximum Gasteiger partial charge on any atom is 0.410 e.